The van der Waals surface area contributed by atoms with Crippen LogP contribution in [0.4, 0.5) is 0 Å². The smallest absolute Gasteiger partial charge is 0.337 e. The van der Waals surface area contributed by atoms with Crippen LogP contribution in [0, 0.1) is 0 Å². The van der Waals surface area contributed by atoms with Crippen molar-refractivity contribution in [3.05, 3.63) is 35.9 Å². The van der Waals surface area contributed by atoms with Crippen LogP contribution < -0.4 is 5.73 Å². The van der Waals surface area contributed by atoms with Crippen molar-refractivity contribution in [2.45, 2.75) is 38.5 Å². The van der Waals surface area contributed by atoms with Gasteiger partial charge in [0.1, 0.15) is 5.60 Å². The van der Waals surface area contributed by atoms with Crippen LogP contribution in [0.1, 0.15) is 32.4 Å². The molecule has 1 aromatic rings. The highest BCUT2D eigenvalue weighted by atomic mass is 16.6. The molecule has 0 aliphatic rings. The van der Waals surface area contributed by atoms with Gasteiger partial charge in [-0.2, -0.15) is 0 Å². The number of aliphatic hydroxyl groups is 1. The third-order valence-corrected chi connectivity index (χ3v) is 2.17. The molecule has 0 bridgehead atoms. The monoisotopic (exact) mass is 237 g/mol. The fourth-order valence-electron chi connectivity index (χ4n) is 1.37. The van der Waals surface area contributed by atoms with Gasteiger partial charge in [-0.3, -0.25) is 0 Å². The second-order valence-electron chi connectivity index (χ2n) is 4.91. The van der Waals surface area contributed by atoms with Gasteiger partial charge in [-0.25, -0.2) is 4.79 Å². The van der Waals surface area contributed by atoms with Crippen LogP contribution in [-0.4, -0.2) is 22.8 Å². The molecule has 0 aliphatic heterocycles. The van der Waals surface area contributed by atoms with Gasteiger partial charge < -0.3 is 15.6 Å². The highest BCUT2D eigenvalue weighted by molar-refractivity contribution is 5.76. The highest BCUT2D eigenvalue weighted by Crippen LogP contribution is 2.17. The summed E-state index contributed by atoms with van der Waals surface area (Å²) in [5.74, 6) is -0.700. The van der Waals surface area contributed by atoms with E-state index >= 15 is 0 Å². The second kappa shape index (κ2) is 5.29. The lowest BCUT2D eigenvalue weighted by Gasteiger charge is -2.24. The number of nitrogens with two attached hydrogens (primary N) is 1. The van der Waals surface area contributed by atoms with Crippen molar-refractivity contribution < 1.29 is 14.6 Å². The molecule has 17 heavy (non-hydrogen) atoms. The van der Waals surface area contributed by atoms with E-state index in [0.29, 0.717) is 5.56 Å². The molecule has 3 N–H and O–H groups in total. The molecule has 0 aliphatic carbocycles. The third kappa shape index (κ3) is 4.17. The number of hydrogen-bond acceptors (Lipinski definition) is 4. The van der Waals surface area contributed by atoms with E-state index in [1.165, 1.54) is 0 Å². The van der Waals surface area contributed by atoms with Crippen molar-refractivity contribution in [1.29, 1.82) is 0 Å². The molecule has 4 nitrogen and oxygen atoms in total. The summed E-state index contributed by atoms with van der Waals surface area (Å²) in [4.78, 5) is 11.6. The van der Waals surface area contributed by atoms with Gasteiger partial charge in [0.15, 0.2) is 6.10 Å². The standard InChI is InChI=1S/C13H19NO3/c1-13(2,3)17-12(16)11(15)10(14)9-7-5-4-6-8-9/h4-8,10-11,15H,14H2,1-3H3/t10-,11-/m1/s1. The van der Waals surface area contributed by atoms with E-state index in [1.807, 2.05) is 6.07 Å². The number of carbonyl (C=O) groups is 1. The number of rotatable bonds is 3. The van der Waals surface area contributed by atoms with Crippen molar-refractivity contribution in [2.75, 3.05) is 0 Å². The first kappa shape index (κ1) is 13.7. The zero-order valence-corrected chi connectivity index (χ0v) is 10.4. The Kier molecular flexibility index (Phi) is 4.26. The molecule has 0 unspecified atom stereocenters. The first-order valence-corrected chi connectivity index (χ1v) is 5.53. The van der Waals surface area contributed by atoms with Crippen LogP contribution >= 0.6 is 0 Å². The van der Waals surface area contributed by atoms with E-state index < -0.39 is 23.7 Å². The lowest BCUT2D eigenvalue weighted by atomic mass is 10.0. The molecule has 94 valence electrons. The zero-order valence-electron chi connectivity index (χ0n) is 10.4. The first-order chi connectivity index (χ1) is 7.81. The SMILES string of the molecule is CC(C)(C)OC(=O)[C@H](O)[C@H](N)c1ccccc1. The van der Waals surface area contributed by atoms with Gasteiger partial charge >= 0.3 is 5.97 Å². The number of hydrogen-bond donors (Lipinski definition) is 2. The average Bonchev–Trinajstić information content (AvgIpc) is 2.26. The fourth-order valence-corrected chi connectivity index (χ4v) is 1.37. The van der Waals surface area contributed by atoms with E-state index in [1.54, 1.807) is 45.0 Å². The van der Waals surface area contributed by atoms with Crippen LogP contribution in [0.15, 0.2) is 30.3 Å². The molecule has 0 spiro atoms. The van der Waals surface area contributed by atoms with Crippen LogP contribution in [0.25, 0.3) is 0 Å². The highest BCUT2D eigenvalue weighted by Gasteiger charge is 2.28. The molecule has 0 saturated heterocycles. The van der Waals surface area contributed by atoms with Crippen molar-refractivity contribution >= 4 is 5.97 Å². The molecule has 0 radical (unpaired) electrons. The fraction of sp³-hybridized carbons (Fsp3) is 0.462. The molecule has 1 rings (SSSR count). The topological polar surface area (TPSA) is 72.5 Å². The summed E-state index contributed by atoms with van der Waals surface area (Å²) in [6, 6.07) is 8.20. The Morgan fingerprint density at radius 1 is 1.29 bits per heavy atom. The van der Waals surface area contributed by atoms with E-state index in [0.717, 1.165) is 0 Å². The van der Waals surface area contributed by atoms with Gasteiger partial charge in [-0.1, -0.05) is 30.3 Å². The van der Waals surface area contributed by atoms with Gasteiger partial charge in [0.25, 0.3) is 0 Å². The first-order valence-electron chi connectivity index (χ1n) is 5.53. The molecule has 0 amide bonds. The van der Waals surface area contributed by atoms with Crippen molar-refractivity contribution in [3.63, 3.8) is 0 Å². The Labute approximate surface area is 101 Å². The Balaban J connectivity index is 2.70. The molecular formula is C13H19NO3. The average molecular weight is 237 g/mol. The van der Waals surface area contributed by atoms with E-state index in [2.05, 4.69) is 0 Å². The maximum atomic E-state index is 11.6. The molecule has 0 saturated carbocycles. The number of aliphatic hydroxyl groups excluding tert-OH is 1. The predicted octanol–water partition coefficient (Wildman–Crippen LogP) is 1.39. The molecule has 1 aromatic carbocycles. The molecular weight excluding hydrogens is 218 g/mol. The number of esters is 1. The van der Waals surface area contributed by atoms with E-state index in [4.69, 9.17) is 10.5 Å². The summed E-state index contributed by atoms with van der Waals surface area (Å²) < 4.78 is 5.07. The zero-order chi connectivity index (χ0) is 13.1. The van der Waals surface area contributed by atoms with Crippen LogP contribution in [-0.2, 0) is 9.53 Å². The summed E-state index contributed by atoms with van der Waals surface area (Å²) in [6.45, 7) is 5.23. The molecule has 4 heteroatoms. The lowest BCUT2D eigenvalue weighted by Crippen LogP contribution is -2.38. The van der Waals surface area contributed by atoms with Crippen molar-refractivity contribution in [3.8, 4) is 0 Å². The van der Waals surface area contributed by atoms with Gasteiger partial charge in [0, 0.05) is 0 Å². The lowest BCUT2D eigenvalue weighted by molar-refractivity contribution is -0.166. The second-order valence-corrected chi connectivity index (χ2v) is 4.91. The normalized spacial score (nSPS) is 15.1. The quantitative estimate of drug-likeness (QED) is 0.779. The minimum Gasteiger partial charge on any atom is -0.458 e. The summed E-state index contributed by atoms with van der Waals surface area (Å²) in [5, 5.41) is 9.80. The number of carbonyl (C=O) groups excluding carboxylic acids is 1. The summed E-state index contributed by atoms with van der Waals surface area (Å²) in [7, 11) is 0. The Bertz CT molecular complexity index is 370. The Morgan fingerprint density at radius 2 is 1.82 bits per heavy atom. The van der Waals surface area contributed by atoms with Crippen LogP contribution in [0.5, 0.6) is 0 Å². The van der Waals surface area contributed by atoms with Gasteiger partial charge in [-0.05, 0) is 26.3 Å². The largest absolute Gasteiger partial charge is 0.458 e. The third-order valence-electron chi connectivity index (χ3n) is 2.17. The molecule has 0 heterocycles. The Hall–Kier alpha value is -1.39. The van der Waals surface area contributed by atoms with Gasteiger partial charge in [-0.15, -0.1) is 0 Å². The predicted molar refractivity (Wildman–Crippen MR) is 65.2 cm³/mol. The van der Waals surface area contributed by atoms with E-state index in [9.17, 15) is 9.90 Å². The van der Waals surface area contributed by atoms with Gasteiger partial charge in [0.05, 0.1) is 6.04 Å². The van der Waals surface area contributed by atoms with Crippen LogP contribution in [0.2, 0.25) is 0 Å². The molecule has 0 aromatic heterocycles. The maximum Gasteiger partial charge on any atom is 0.337 e. The number of ether oxygens (including phenoxy) is 1. The number of benzene rings is 1. The van der Waals surface area contributed by atoms with Crippen LogP contribution in [0.3, 0.4) is 0 Å². The molecule has 2 atom stereocenters. The summed E-state index contributed by atoms with van der Waals surface area (Å²) >= 11 is 0. The minimum atomic E-state index is -1.35. The van der Waals surface area contributed by atoms with Crippen molar-refractivity contribution in [2.24, 2.45) is 5.73 Å². The molecule has 0 fully saturated rings. The Morgan fingerprint density at radius 3 is 2.29 bits per heavy atom. The van der Waals surface area contributed by atoms with Crippen molar-refractivity contribution in [1.82, 2.24) is 0 Å². The summed E-state index contributed by atoms with van der Waals surface area (Å²) in [5.41, 5.74) is 5.88. The minimum absolute atomic E-state index is 0.630. The van der Waals surface area contributed by atoms with E-state index in [-0.39, 0.29) is 0 Å². The summed E-state index contributed by atoms with van der Waals surface area (Å²) in [6.07, 6.45) is -1.35. The van der Waals surface area contributed by atoms with Gasteiger partial charge in [0.2, 0.25) is 0 Å². The maximum absolute atomic E-state index is 11.6.